The second-order valence-corrected chi connectivity index (χ2v) is 2.95. The Balaban J connectivity index is 0.000000253. The molecule has 0 aliphatic carbocycles. The largest absolute Gasteiger partial charge is 0.442 e. The number of carbonyl (C=O) groups is 1. The topological polar surface area (TPSA) is 79.8 Å². The first-order chi connectivity index (χ1) is 6.83. The third-order valence-electron chi connectivity index (χ3n) is 1.80. The van der Waals surface area contributed by atoms with Crippen LogP contribution >= 0.6 is 13.5 Å². The molecule has 0 aromatic carbocycles. The van der Waals surface area contributed by atoms with E-state index < -0.39 is 6.09 Å². The van der Waals surface area contributed by atoms with E-state index in [9.17, 15) is 4.79 Å². The molecule has 0 aromatic heterocycles. The smallest absolute Gasteiger partial charge is 0.407 e. The number of aliphatic hydroxyl groups excluding tert-OH is 1. The second-order valence-electron chi connectivity index (χ2n) is 2.95. The predicted molar refractivity (Wildman–Crippen MR) is 59.4 cm³/mol. The van der Waals surface area contributed by atoms with Crippen LogP contribution in [0.5, 0.6) is 0 Å². The third kappa shape index (κ3) is 6.56. The van der Waals surface area contributed by atoms with Gasteiger partial charge in [-0.15, -0.1) is 0 Å². The minimum absolute atomic E-state index is 0. The van der Waals surface area contributed by atoms with E-state index in [1.807, 2.05) is 0 Å². The molecular formula is C8H18N2O4S. The first-order valence-corrected chi connectivity index (χ1v) is 4.66. The molecule has 3 N–H and O–H groups in total. The van der Waals surface area contributed by atoms with E-state index in [0.29, 0.717) is 6.54 Å². The Morgan fingerprint density at radius 3 is 2.27 bits per heavy atom. The maximum absolute atomic E-state index is 10.2. The number of hydrogen-bond acceptors (Lipinski definition) is 5. The Bertz CT molecular complexity index is 167. The molecule has 2 aliphatic heterocycles. The molecule has 6 nitrogen and oxygen atoms in total. The third-order valence-corrected chi connectivity index (χ3v) is 1.80. The molecule has 1 amide bonds. The maximum Gasteiger partial charge on any atom is 0.407 e. The lowest BCUT2D eigenvalue weighted by Gasteiger charge is -2.10. The summed E-state index contributed by atoms with van der Waals surface area (Å²) >= 11 is 0. The Labute approximate surface area is 95.8 Å². The lowest BCUT2D eigenvalue weighted by Crippen LogP contribution is -2.30. The molecule has 2 rings (SSSR count). The molecule has 0 unspecified atom stereocenters. The van der Waals surface area contributed by atoms with Crippen molar-refractivity contribution in [1.82, 2.24) is 10.6 Å². The number of nitrogens with one attached hydrogen (secondary N) is 2. The van der Waals surface area contributed by atoms with Gasteiger partial charge in [0, 0.05) is 13.1 Å². The van der Waals surface area contributed by atoms with Crippen LogP contribution < -0.4 is 10.6 Å². The van der Waals surface area contributed by atoms with Gasteiger partial charge in [-0.25, -0.2) is 4.79 Å². The zero-order valence-electron chi connectivity index (χ0n) is 8.49. The van der Waals surface area contributed by atoms with E-state index in [1.165, 1.54) is 0 Å². The quantitative estimate of drug-likeness (QED) is 0.535. The highest BCUT2D eigenvalue weighted by molar-refractivity contribution is 7.59. The van der Waals surface area contributed by atoms with Gasteiger partial charge in [0.25, 0.3) is 0 Å². The fourth-order valence-corrected chi connectivity index (χ4v) is 1.05. The number of ether oxygens (including phenoxy) is 2. The van der Waals surface area contributed by atoms with E-state index in [2.05, 4.69) is 15.4 Å². The van der Waals surface area contributed by atoms with Crippen LogP contribution in [0.1, 0.15) is 0 Å². The fraction of sp³-hybridized carbons (Fsp3) is 0.875. The molecule has 2 saturated heterocycles. The zero-order valence-corrected chi connectivity index (χ0v) is 9.49. The van der Waals surface area contributed by atoms with Crippen LogP contribution in [-0.2, 0) is 9.47 Å². The van der Waals surface area contributed by atoms with Gasteiger partial charge >= 0.3 is 6.09 Å². The monoisotopic (exact) mass is 238 g/mol. The van der Waals surface area contributed by atoms with Crippen LogP contribution in [0.25, 0.3) is 0 Å². The van der Waals surface area contributed by atoms with E-state index in [-0.39, 0.29) is 26.2 Å². The van der Waals surface area contributed by atoms with Gasteiger partial charge < -0.3 is 25.2 Å². The number of aliphatic hydroxyl groups is 1. The average Bonchev–Trinajstić information content (AvgIpc) is 2.68. The molecule has 0 spiro atoms. The van der Waals surface area contributed by atoms with Gasteiger partial charge in [-0.3, -0.25) is 0 Å². The molecule has 2 fully saturated rings. The van der Waals surface area contributed by atoms with Crippen LogP contribution in [-0.4, -0.2) is 56.8 Å². The normalized spacial score (nSPS) is 24.1. The lowest BCUT2D eigenvalue weighted by atomic mass is 10.4. The van der Waals surface area contributed by atoms with Gasteiger partial charge in [0.05, 0.1) is 26.4 Å². The number of alkyl carbamates (subject to hydrolysis) is 1. The van der Waals surface area contributed by atoms with Crippen molar-refractivity contribution in [3.8, 4) is 0 Å². The van der Waals surface area contributed by atoms with Crippen LogP contribution in [0, 0.1) is 0 Å². The number of amides is 1. The summed E-state index contributed by atoms with van der Waals surface area (Å²) < 4.78 is 9.52. The summed E-state index contributed by atoms with van der Waals surface area (Å²) in [5.74, 6) is 0. The van der Waals surface area contributed by atoms with Gasteiger partial charge in [-0.05, 0) is 0 Å². The molecule has 0 bridgehead atoms. The van der Waals surface area contributed by atoms with Crippen LogP contribution in [0.15, 0.2) is 0 Å². The molecule has 7 heteroatoms. The molecule has 15 heavy (non-hydrogen) atoms. The molecule has 0 aromatic rings. The first kappa shape index (κ1) is 14.5. The standard InChI is InChI=1S/C4H7NO3.C4H9NO.H2S/c6-2-3-1-5-4(7)8-3;1-3-6-4-2-5-1;/h3,6H,1-2H2,(H,5,7);5H,1-4H2;1H2/t3-;;/m0../s1. The zero-order chi connectivity index (χ0) is 10.2. The Morgan fingerprint density at radius 2 is 2.07 bits per heavy atom. The molecule has 0 saturated carbocycles. The summed E-state index contributed by atoms with van der Waals surface area (Å²) in [4.78, 5) is 10.2. The lowest BCUT2D eigenvalue weighted by molar-refractivity contribution is 0.0961. The minimum atomic E-state index is -0.441. The SMILES string of the molecule is C1COCCN1.O=C1NC[C@@H](CO)O1.S. The highest BCUT2D eigenvalue weighted by atomic mass is 32.1. The van der Waals surface area contributed by atoms with Crippen molar-refractivity contribution in [3.63, 3.8) is 0 Å². The molecule has 90 valence electrons. The fourth-order valence-electron chi connectivity index (χ4n) is 1.05. The molecular weight excluding hydrogens is 220 g/mol. The van der Waals surface area contributed by atoms with Gasteiger partial charge in [0.15, 0.2) is 0 Å². The van der Waals surface area contributed by atoms with Crippen molar-refractivity contribution in [1.29, 1.82) is 0 Å². The van der Waals surface area contributed by atoms with Crippen LogP contribution in [0.4, 0.5) is 4.79 Å². The van der Waals surface area contributed by atoms with Crippen molar-refractivity contribution < 1.29 is 19.4 Å². The second kappa shape index (κ2) is 8.78. The van der Waals surface area contributed by atoms with Gasteiger partial charge in [0.1, 0.15) is 6.10 Å². The molecule has 2 heterocycles. The summed E-state index contributed by atoms with van der Waals surface area (Å²) in [6.45, 7) is 4.16. The van der Waals surface area contributed by atoms with Crippen LogP contribution in [0.2, 0.25) is 0 Å². The summed E-state index contributed by atoms with van der Waals surface area (Å²) in [5.41, 5.74) is 0. The Kier molecular flexibility index (Phi) is 8.49. The van der Waals surface area contributed by atoms with E-state index >= 15 is 0 Å². The van der Waals surface area contributed by atoms with E-state index in [4.69, 9.17) is 9.84 Å². The number of carbonyl (C=O) groups excluding carboxylic acids is 1. The number of morpholine rings is 1. The number of hydrogen-bond donors (Lipinski definition) is 3. The first-order valence-electron chi connectivity index (χ1n) is 4.66. The summed E-state index contributed by atoms with van der Waals surface area (Å²) in [5, 5.41) is 13.9. The number of rotatable bonds is 1. The molecule has 0 radical (unpaired) electrons. The molecule has 2 aliphatic rings. The van der Waals surface area contributed by atoms with Crippen molar-refractivity contribution in [2.24, 2.45) is 0 Å². The average molecular weight is 238 g/mol. The summed E-state index contributed by atoms with van der Waals surface area (Å²) in [6, 6.07) is 0. The predicted octanol–water partition coefficient (Wildman–Crippen LogP) is -1.19. The van der Waals surface area contributed by atoms with E-state index in [1.54, 1.807) is 0 Å². The highest BCUT2D eigenvalue weighted by Crippen LogP contribution is 1.96. The van der Waals surface area contributed by atoms with Crippen LogP contribution in [0.3, 0.4) is 0 Å². The highest BCUT2D eigenvalue weighted by Gasteiger charge is 2.20. The van der Waals surface area contributed by atoms with E-state index in [0.717, 1.165) is 26.3 Å². The van der Waals surface area contributed by atoms with Gasteiger partial charge in [-0.2, -0.15) is 13.5 Å². The van der Waals surface area contributed by atoms with Crippen molar-refractivity contribution >= 4 is 19.6 Å². The Hall–Kier alpha value is -0.500. The van der Waals surface area contributed by atoms with Gasteiger partial charge in [0.2, 0.25) is 0 Å². The summed E-state index contributed by atoms with van der Waals surface area (Å²) in [6.07, 6.45) is -0.772. The molecule has 1 atom stereocenters. The number of cyclic esters (lactones) is 1. The van der Waals surface area contributed by atoms with Gasteiger partial charge in [-0.1, -0.05) is 0 Å². The van der Waals surface area contributed by atoms with Crippen molar-refractivity contribution in [3.05, 3.63) is 0 Å². The van der Waals surface area contributed by atoms with Crippen molar-refractivity contribution in [2.45, 2.75) is 6.10 Å². The Morgan fingerprint density at radius 1 is 1.40 bits per heavy atom. The van der Waals surface area contributed by atoms with Crippen molar-refractivity contribution in [2.75, 3.05) is 39.5 Å². The summed E-state index contributed by atoms with van der Waals surface area (Å²) in [7, 11) is 0. The maximum atomic E-state index is 10.2. The minimum Gasteiger partial charge on any atom is -0.442 e.